The van der Waals surface area contributed by atoms with Gasteiger partial charge < -0.3 is 5.11 Å². The van der Waals surface area contributed by atoms with Gasteiger partial charge >= 0.3 is 0 Å². The van der Waals surface area contributed by atoms with Gasteiger partial charge in [-0.2, -0.15) is 0 Å². The van der Waals surface area contributed by atoms with Crippen LogP contribution < -0.4 is 0 Å². The molecule has 16 heavy (non-hydrogen) atoms. The zero-order valence-electron chi connectivity index (χ0n) is 10.7. The lowest BCUT2D eigenvalue weighted by atomic mass is 9.89. The van der Waals surface area contributed by atoms with Crippen LogP contribution in [0.25, 0.3) is 0 Å². The van der Waals surface area contributed by atoms with Crippen LogP contribution in [0.4, 0.5) is 0 Å². The van der Waals surface area contributed by atoms with Crippen molar-refractivity contribution in [1.82, 2.24) is 0 Å². The second-order valence-electron chi connectivity index (χ2n) is 5.07. The number of rotatable bonds is 6. The summed E-state index contributed by atoms with van der Waals surface area (Å²) in [5, 5.41) is 9.70. The lowest BCUT2D eigenvalue weighted by Crippen LogP contribution is -2.06. The Kier molecular flexibility index (Phi) is 5.37. The molecule has 0 aliphatic rings. The predicted octanol–water partition coefficient (Wildman–Crippen LogP) is 4.40. The van der Waals surface area contributed by atoms with E-state index in [1.807, 2.05) is 18.2 Å². The minimum Gasteiger partial charge on any atom is -0.508 e. The normalized spacial score (nSPS) is 14.7. The maximum Gasteiger partial charge on any atom is 0.118 e. The quantitative estimate of drug-likeness (QED) is 0.753. The minimum atomic E-state index is 0.442. The third-order valence-electron chi connectivity index (χ3n) is 3.15. The Morgan fingerprint density at radius 2 is 1.81 bits per heavy atom. The van der Waals surface area contributed by atoms with Crippen LogP contribution >= 0.6 is 0 Å². The van der Waals surface area contributed by atoms with Crippen LogP contribution in [0.1, 0.15) is 45.6 Å². The molecule has 0 bridgehead atoms. The van der Waals surface area contributed by atoms with Gasteiger partial charge in [-0.3, -0.25) is 0 Å². The van der Waals surface area contributed by atoms with Gasteiger partial charge in [0.05, 0.1) is 0 Å². The molecule has 0 aliphatic carbocycles. The highest BCUT2D eigenvalue weighted by Gasteiger charge is 2.10. The molecular weight excluding hydrogens is 196 g/mol. The van der Waals surface area contributed by atoms with Crippen LogP contribution in [0, 0.1) is 11.8 Å². The molecule has 0 fully saturated rings. The van der Waals surface area contributed by atoms with E-state index in [9.17, 15) is 5.11 Å². The molecule has 0 spiro atoms. The van der Waals surface area contributed by atoms with Crippen molar-refractivity contribution in [3.63, 3.8) is 0 Å². The van der Waals surface area contributed by atoms with Crippen LogP contribution in [-0.4, -0.2) is 5.11 Å². The van der Waals surface area contributed by atoms with Crippen LogP contribution in [0.2, 0.25) is 0 Å². The number of phenolic OH excluding ortho intramolecular Hbond substituents is 1. The summed E-state index contributed by atoms with van der Waals surface area (Å²) in [7, 11) is 0. The number of para-hydroxylation sites is 1. The highest BCUT2D eigenvalue weighted by atomic mass is 16.3. The summed E-state index contributed by atoms with van der Waals surface area (Å²) in [4.78, 5) is 0. The van der Waals surface area contributed by atoms with Gasteiger partial charge in [0.1, 0.15) is 5.75 Å². The third-order valence-corrected chi connectivity index (χ3v) is 3.15. The largest absolute Gasteiger partial charge is 0.508 e. The first-order chi connectivity index (χ1) is 7.63. The zero-order valence-corrected chi connectivity index (χ0v) is 10.7. The van der Waals surface area contributed by atoms with Gasteiger partial charge in [-0.15, -0.1) is 0 Å². The van der Waals surface area contributed by atoms with Gasteiger partial charge in [0, 0.05) is 0 Å². The minimum absolute atomic E-state index is 0.442. The van der Waals surface area contributed by atoms with Crippen LogP contribution in [0.5, 0.6) is 5.75 Å². The second kappa shape index (κ2) is 6.57. The van der Waals surface area contributed by atoms with Crippen LogP contribution in [-0.2, 0) is 6.42 Å². The fraction of sp³-hybridized carbons (Fsp3) is 0.600. The lowest BCUT2D eigenvalue weighted by Gasteiger charge is -2.17. The first-order valence-corrected chi connectivity index (χ1v) is 6.40. The van der Waals surface area contributed by atoms with Crippen molar-refractivity contribution in [2.45, 2.75) is 46.5 Å². The summed E-state index contributed by atoms with van der Waals surface area (Å²) in [6.07, 6.45) is 4.82. The molecule has 2 unspecified atom stereocenters. The van der Waals surface area contributed by atoms with E-state index in [1.54, 1.807) is 6.07 Å². The first kappa shape index (κ1) is 13.1. The molecule has 0 heterocycles. The standard InChI is InChI=1S/C15H24O/c1-4-7-12(2)10-13(3)11-14-8-5-6-9-15(14)16/h5-6,8-9,12-13,16H,4,7,10-11H2,1-3H3. The van der Waals surface area contributed by atoms with Crippen molar-refractivity contribution in [2.24, 2.45) is 11.8 Å². The number of hydrogen-bond donors (Lipinski definition) is 1. The van der Waals surface area contributed by atoms with Crippen molar-refractivity contribution in [3.8, 4) is 5.75 Å². The lowest BCUT2D eigenvalue weighted by molar-refractivity contribution is 0.384. The van der Waals surface area contributed by atoms with Gasteiger partial charge in [-0.1, -0.05) is 51.8 Å². The molecule has 0 aliphatic heterocycles. The maximum absolute atomic E-state index is 9.70. The molecular formula is C15H24O. The maximum atomic E-state index is 9.70. The molecule has 0 saturated heterocycles. The Labute approximate surface area is 99.5 Å². The molecule has 1 rings (SSSR count). The molecule has 2 atom stereocenters. The van der Waals surface area contributed by atoms with Crippen molar-refractivity contribution >= 4 is 0 Å². The smallest absolute Gasteiger partial charge is 0.118 e. The summed E-state index contributed by atoms with van der Waals surface area (Å²) in [5.74, 6) is 1.89. The second-order valence-corrected chi connectivity index (χ2v) is 5.07. The highest BCUT2D eigenvalue weighted by molar-refractivity contribution is 5.31. The van der Waals surface area contributed by atoms with E-state index in [0.717, 1.165) is 17.9 Å². The Morgan fingerprint density at radius 1 is 1.12 bits per heavy atom. The zero-order chi connectivity index (χ0) is 12.0. The number of phenols is 1. The summed E-state index contributed by atoms with van der Waals surface area (Å²) in [6, 6.07) is 7.67. The fourth-order valence-electron chi connectivity index (χ4n) is 2.44. The monoisotopic (exact) mass is 220 g/mol. The topological polar surface area (TPSA) is 20.2 Å². The molecule has 1 N–H and O–H groups in total. The summed E-state index contributed by atoms with van der Waals surface area (Å²) in [6.45, 7) is 6.84. The summed E-state index contributed by atoms with van der Waals surface area (Å²) >= 11 is 0. The first-order valence-electron chi connectivity index (χ1n) is 6.40. The Morgan fingerprint density at radius 3 is 2.44 bits per heavy atom. The van der Waals surface area contributed by atoms with Crippen LogP contribution in [0.3, 0.4) is 0 Å². The van der Waals surface area contributed by atoms with Gasteiger partial charge in [0.15, 0.2) is 0 Å². The van der Waals surface area contributed by atoms with Crippen molar-refractivity contribution in [2.75, 3.05) is 0 Å². The number of benzene rings is 1. The van der Waals surface area contributed by atoms with Crippen LogP contribution in [0.15, 0.2) is 24.3 Å². The molecule has 0 amide bonds. The van der Waals surface area contributed by atoms with Crippen molar-refractivity contribution in [3.05, 3.63) is 29.8 Å². The average molecular weight is 220 g/mol. The Bertz CT molecular complexity index is 306. The molecule has 90 valence electrons. The van der Waals surface area contributed by atoms with Gasteiger partial charge in [-0.25, -0.2) is 0 Å². The van der Waals surface area contributed by atoms with E-state index < -0.39 is 0 Å². The Hall–Kier alpha value is -0.980. The number of hydrogen-bond acceptors (Lipinski definition) is 1. The van der Waals surface area contributed by atoms with Gasteiger partial charge in [0.2, 0.25) is 0 Å². The van der Waals surface area contributed by atoms with E-state index in [4.69, 9.17) is 0 Å². The van der Waals surface area contributed by atoms with Crippen molar-refractivity contribution < 1.29 is 5.11 Å². The third kappa shape index (κ3) is 4.26. The van der Waals surface area contributed by atoms with Gasteiger partial charge in [0.25, 0.3) is 0 Å². The van der Waals surface area contributed by atoms with E-state index in [0.29, 0.717) is 11.7 Å². The Balaban J connectivity index is 2.45. The molecule has 0 radical (unpaired) electrons. The van der Waals surface area contributed by atoms with E-state index in [-0.39, 0.29) is 0 Å². The van der Waals surface area contributed by atoms with Gasteiger partial charge in [-0.05, 0) is 36.3 Å². The average Bonchev–Trinajstić information content (AvgIpc) is 2.21. The molecule has 1 nitrogen and oxygen atoms in total. The molecule has 0 aromatic heterocycles. The predicted molar refractivity (Wildman–Crippen MR) is 69.7 cm³/mol. The van der Waals surface area contributed by atoms with E-state index in [1.165, 1.54) is 19.3 Å². The molecule has 1 heteroatoms. The van der Waals surface area contributed by atoms with E-state index >= 15 is 0 Å². The molecule has 0 saturated carbocycles. The summed E-state index contributed by atoms with van der Waals surface area (Å²) < 4.78 is 0. The SMILES string of the molecule is CCCC(C)CC(C)Cc1ccccc1O. The van der Waals surface area contributed by atoms with Crippen molar-refractivity contribution in [1.29, 1.82) is 0 Å². The summed E-state index contributed by atoms with van der Waals surface area (Å²) in [5.41, 5.74) is 1.08. The number of aromatic hydroxyl groups is 1. The fourth-order valence-corrected chi connectivity index (χ4v) is 2.44. The molecule has 1 aromatic rings. The highest BCUT2D eigenvalue weighted by Crippen LogP contribution is 2.24. The van der Waals surface area contributed by atoms with E-state index in [2.05, 4.69) is 20.8 Å². The molecule has 1 aromatic carbocycles.